The van der Waals surface area contributed by atoms with Gasteiger partial charge in [-0.1, -0.05) is 0 Å². The molecule has 5 nitrogen and oxygen atoms in total. The summed E-state index contributed by atoms with van der Waals surface area (Å²) < 4.78 is 17.3. The van der Waals surface area contributed by atoms with Gasteiger partial charge in [0.1, 0.15) is 5.82 Å². The zero-order valence-corrected chi connectivity index (χ0v) is 11.3. The summed E-state index contributed by atoms with van der Waals surface area (Å²) in [6.45, 7) is 0. The molecule has 19 heavy (non-hydrogen) atoms. The standard InChI is InChI=1S/C12H15FN2O3S/c1-18-12(17)7-19-5-4-11(16)15-10-3-2-8(13)6-9(10)14/h2-3,6H,4-5,7,14H2,1H3,(H,15,16). The zero-order valence-electron chi connectivity index (χ0n) is 10.4. The molecule has 0 heterocycles. The summed E-state index contributed by atoms with van der Waals surface area (Å²) in [4.78, 5) is 22.4. The first-order valence-electron chi connectivity index (χ1n) is 5.52. The van der Waals surface area contributed by atoms with Gasteiger partial charge in [0.25, 0.3) is 0 Å². The van der Waals surface area contributed by atoms with E-state index in [0.717, 1.165) is 6.07 Å². The molecular formula is C12H15FN2O3S. The molecular weight excluding hydrogens is 271 g/mol. The lowest BCUT2D eigenvalue weighted by Gasteiger charge is -2.07. The van der Waals surface area contributed by atoms with Gasteiger partial charge in [0.15, 0.2) is 0 Å². The molecule has 3 N–H and O–H groups in total. The number of nitrogens with one attached hydrogen (secondary N) is 1. The van der Waals surface area contributed by atoms with Crippen LogP contribution in [0.1, 0.15) is 6.42 Å². The van der Waals surface area contributed by atoms with Crippen molar-refractivity contribution in [3.8, 4) is 0 Å². The Balaban J connectivity index is 2.33. The number of benzene rings is 1. The maximum absolute atomic E-state index is 12.8. The average molecular weight is 286 g/mol. The number of esters is 1. The fourth-order valence-corrected chi connectivity index (χ4v) is 2.00. The van der Waals surface area contributed by atoms with Crippen LogP contribution in [-0.2, 0) is 14.3 Å². The van der Waals surface area contributed by atoms with Crippen molar-refractivity contribution in [2.45, 2.75) is 6.42 Å². The van der Waals surface area contributed by atoms with Crippen LogP contribution in [0.25, 0.3) is 0 Å². The van der Waals surface area contributed by atoms with Gasteiger partial charge in [-0.2, -0.15) is 0 Å². The summed E-state index contributed by atoms with van der Waals surface area (Å²) >= 11 is 1.30. The fourth-order valence-electron chi connectivity index (χ4n) is 1.24. The summed E-state index contributed by atoms with van der Waals surface area (Å²) in [6.07, 6.45) is 0.235. The minimum atomic E-state index is -0.455. The molecule has 0 bridgehead atoms. The Morgan fingerprint density at radius 2 is 2.21 bits per heavy atom. The van der Waals surface area contributed by atoms with E-state index in [1.807, 2.05) is 0 Å². The largest absolute Gasteiger partial charge is 0.468 e. The first kappa shape index (κ1) is 15.3. The van der Waals surface area contributed by atoms with Crippen molar-refractivity contribution in [1.82, 2.24) is 0 Å². The van der Waals surface area contributed by atoms with E-state index in [-0.39, 0.29) is 29.7 Å². The van der Waals surface area contributed by atoms with Gasteiger partial charge in [-0.3, -0.25) is 9.59 Å². The maximum atomic E-state index is 12.8. The molecule has 1 aromatic rings. The van der Waals surface area contributed by atoms with Gasteiger partial charge >= 0.3 is 5.97 Å². The summed E-state index contributed by atoms with van der Waals surface area (Å²) in [5.41, 5.74) is 6.12. The molecule has 0 fully saturated rings. The molecule has 0 aromatic heterocycles. The van der Waals surface area contributed by atoms with Gasteiger partial charge in [0.2, 0.25) is 5.91 Å². The number of anilines is 2. The van der Waals surface area contributed by atoms with Gasteiger partial charge in [-0.15, -0.1) is 11.8 Å². The molecule has 0 saturated heterocycles. The highest BCUT2D eigenvalue weighted by atomic mass is 32.2. The molecule has 1 amide bonds. The normalized spacial score (nSPS) is 10.0. The highest BCUT2D eigenvalue weighted by molar-refractivity contribution is 7.99. The average Bonchev–Trinajstić information content (AvgIpc) is 2.37. The van der Waals surface area contributed by atoms with Crippen molar-refractivity contribution in [1.29, 1.82) is 0 Å². The first-order chi connectivity index (χ1) is 9.02. The van der Waals surface area contributed by atoms with Crippen LogP contribution in [0.3, 0.4) is 0 Å². The lowest BCUT2D eigenvalue weighted by atomic mass is 10.2. The fraction of sp³-hybridized carbons (Fsp3) is 0.333. The molecule has 0 unspecified atom stereocenters. The molecule has 0 spiro atoms. The van der Waals surface area contributed by atoms with Crippen molar-refractivity contribution < 1.29 is 18.7 Å². The summed E-state index contributed by atoms with van der Waals surface area (Å²) in [5, 5.41) is 2.58. The van der Waals surface area contributed by atoms with E-state index in [1.54, 1.807) is 0 Å². The molecule has 0 radical (unpaired) electrons. The molecule has 0 atom stereocenters. The van der Waals surface area contributed by atoms with Gasteiger partial charge in [0.05, 0.1) is 24.2 Å². The van der Waals surface area contributed by atoms with E-state index in [1.165, 1.54) is 31.0 Å². The maximum Gasteiger partial charge on any atom is 0.315 e. The molecule has 1 aromatic carbocycles. The lowest BCUT2D eigenvalue weighted by Crippen LogP contribution is -2.14. The predicted octanol–water partition coefficient (Wildman–Crippen LogP) is 1.64. The number of rotatable bonds is 6. The topological polar surface area (TPSA) is 81.4 Å². The summed E-state index contributed by atoms with van der Waals surface area (Å²) in [7, 11) is 1.31. The second-order valence-corrected chi connectivity index (χ2v) is 4.76. The number of hydrogen-bond acceptors (Lipinski definition) is 5. The second-order valence-electron chi connectivity index (χ2n) is 3.66. The zero-order chi connectivity index (χ0) is 14.3. The monoisotopic (exact) mass is 286 g/mol. The third-order valence-electron chi connectivity index (χ3n) is 2.21. The number of thioether (sulfide) groups is 1. The summed E-state index contributed by atoms with van der Waals surface area (Å²) in [5.74, 6) is -0.321. The van der Waals surface area contributed by atoms with Crippen molar-refractivity contribution in [3.05, 3.63) is 24.0 Å². The number of amides is 1. The van der Waals surface area contributed by atoms with Crippen LogP contribution in [0.5, 0.6) is 0 Å². The minimum absolute atomic E-state index is 0.176. The Hall–Kier alpha value is -1.76. The third kappa shape index (κ3) is 5.60. The Bertz CT molecular complexity index is 468. The quantitative estimate of drug-likeness (QED) is 0.472. The van der Waals surface area contributed by atoms with Crippen LogP contribution in [0.4, 0.5) is 15.8 Å². The van der Waals surface area contributed by atoms with Crippen LogP contribution in [-0.4, -0.2) is 30.5 Å². The van der Waals surface area contributed by atoms with E-state index in [4.69, 9.17) is 5.73 Å². The molecule has 0 aliphatic heterocycles. The SMILES string of the molecule is COC(=O)CSCCC(=O)Nc1ccc(F)cc1N. The minimum Gasteiger partial charge on any atom is -0.468 e. The van der Waals surface area contributed by atoms with E-state index < -0.39 is 5.82 Å². The number of carbonyl (C=O) groups is 2. The number of ether oxygens (including phenoxy) is 1. The number of nitrogen functional groups attached to an aromatic ring is 1. The molecule has 1 rings (SSSR count). The number of hydrogen-bond donors (Lipinski definition) is 2. The molecule has 0 aliphatic carbocycles. The third-order valence-corrected chi connectivity index (χ3v) is 3.14. The van der Waals surface area contributed by atoms with E-state index in [2.05, 4.69) is 10.1 Å². The van der Waals surface area contributed by atoms with Gasteiger partial charge < -0.3 is 15.8 Å². The van der Waals surface area contributed by atoms with Crippen molar-refractivity contribution >= 4 is 35.0 Å². The molecule has 0 saturated carbocycles. The molecule has 0 aliphatic rings. The Morgan fingerprint density at radius 1 is 1.47 bits per heavy atom. The molecule has 104 valence electrons. The van der Waals surface area contributed by atoms with E-state index in [9.17, 15) is 14.0 Å². The van der Waals surface area contributed by atoms with Crippen molar-refractivity contribution in [2.75, 3.05) is 29.7 Å². The number of carbonyl (C=O) groups excluding carboxylic acids is 2. The number of halogens is 1. The lowest BCUT2D eigenvalue weighted by molar-refractivity contribution is -0.137. The Labute approximate surface area is 114 Å². The van der Waals surface area contributed by atoms with Crippen molar-refractivity contribution in [3.63, 3.8) is 0 Å². The van der Waals surface area contributed by atoms with Crippen LogP contribution in [0.2, 0.25) is 0 Å². The van der Waals surface area contributed by atoms with Crippen molar-refractivity contribution in [2.24, 2.45) is 0 Å². The van der Waals surface area contributed by atoms with Gasteiger partial charge in [-0.05, 0) is 18.2 Å². The van der Waals surface area contributed by atoms with Crippen LogP contribution in [0.15, 0.2) is 18.2 Å². The van der Waals surface area contributed by atoms with Crippen LogP contribution < -0.4 is 11.1 Å². The van der Waals surface area contributed by atoms with Crippen LogP contribution in [0, 0.1) is 5.82 Å². The van der Waals surface area contributed by atoms with Crippen LogP contribution >= 0.6 is 11.8 Å². The molecule has 7 heteroatoms. The number of methoxy groups -OCH3 is 1. The van der Waals surface area contributed by atoms with Gasteiger partial charge in [-0.25, -0.2) is 4.39 Å². The first-order valence-corrected chi connectivity index (χ1v) is 6.68. The van der Waals surface area contributed by atoms with E-state index in [0.29, 0.717) is 11.4 Å². The second kappa shape index (κ2) is 7.63. The van der Waals surface area contributed by atoms with Gasteiger partial charge in [0, 0.05) is 12.2 Å². The number of nitrogens with two attached hydrogens (primary N) is 1. The smallest absolute Gasteiger partial charge is 0.315 e. The Kier molecular flexibility index (Phi) is 6.14. The summed E-state index contributed by atoms with van der Waals surface area (Å²) in [6, 6.07) is 3.77. The highest BCUT2D eigenvalue weighted by Gasteiger charge is 2.07. The predicted molar refractivity (Wildman–Crippen MR) is 73.4 cm³/mol. The van der Waals surface area contributed by atoms with E-state index >= 15 is 0 Å². The Morgan fingerprint density at radius 3 is 2.84 bits per heavy atom. The highest BCUT2D eigenvalue weighted by Crippen LogP contribution is 2.19.